The van der Waals surface area contributed by atoms with Crippen molar-refractivity contribution in [2.75, 3.05) is 52.4 Å². The summed E-state index contributed by atoms with van der Waals surface area (Å²) in [5.41, 5.74) is 1.14. The van der Waals surface area contributed by atoms with Gasteiger partial charge in [-0.25, -0.2) is 4.98 Å². The molecule has 0 unspecified atom stereocenters. The molecule has 2 saturated heterocycles. The van der Waals surface area contributed by atoms with E-state index in [2.05, 4.69) is 22.2 Å². The maximum absolute atomic E-state index is 14.0. The quantitative estimate of drug-likeness (QED) is 0.356. The first-order valence-electron chi connectivity index (χ1n) is 13.2. The van der Waals surface area contributed by atoms with Crippen LogP contribution in [0.1, 0.15) is 12.8 Å². The number of fused-ring (bicyclic) bond motifs is 1. The molecule has 0 bridgehead atoms. The number of carbonyl (C=O) groups is 1. The van der Waals surface area contributed by atoms with E-state index < -0.39 is 0 Å². The van der Waals surface area contributed by atoms with E-state index >= 15 is 0 Å². The van der Waals surface area contributed by atoms with Crippen LogP contribution in [0, 0.1) is 0 Å². The number of hydrogen-bond donors (Lipinski definition) is 2. The van der Waals surface area contributed by atoms with Crippen LogP contribution in [0.2, 0.25) is 5.02 Å². The second-order valence-corrected chi connectivity index (χ2v) is 10.2. The summed E-state index contributed by atoms with van der Waals surface area (Å²) in [7, 11) is 3.06. The van der Waals surface area contributed by atoms with Crippen LogP contribution in [0.5, 0.6) is 11.5 Å². The number of anilines is 1. The molecule has 0 radical (unpaired) electrons. The number of pyridine rings is 1. The average molecular weight is 569 g/mol. The number of halogens is 1. The van der Waals surface area contributed by atoms with Gasteiger partial charge in [-0.15, -0.1) is 0 Å². The standard InChI is InChI=1S/C28H33ClN6O5/c1-4-24(36)34-15-19(16-34)30-7-8-35-26-17(14-31-28(33-26)32-18-5-9-40-10-6-18)11-22(27(35)37)21-12-20(38-2)13-23(39-3)25(21)29/h4,11-14,18-19,30H,1,5-10,15-16H2,2-3H3,(H,31,32,33). The number of nitrogens with zero attached hydrogens (tertiary/aromatic N) is 4. The van der Waals surface area contributed by atoms with Gasteiger partial charge < -0.3 is 29.7 Å². The summed E-state index contributed by atoms with van der Waals surface area (Å²) in [4.78, 5) is 36.8. The van der Waals surface area contributed by atoms with Crippen molar-refractivity contribution in [2.24, 2.45) is 0 Å². The molecule has 12 heteroatoms. The number of likely N-dealkylation sites (tertiary alicyclic amines) is 1. The molecule has 2 aromatic heterocycles. The minimum absolute atomic E-state index is 0.0835. The second kappa shape index (κ2) is 12.2. The Labute approximate surface area is 237 Å². The minimum atomic E-state index is -0.251. The lowest BCUT2D eigenvalue weighted by Crippen LogP contribution is -2.59. The minimum Gasteiger partial charge on any atom is -0.497 e. The molecular weight excluding hydrogens is 536 g/mol. The van der Waals surface area contributed by atoms with E-state index in [-0.39, 0.29) is 23.6 Å². The molecule has 0 spiro atoms. The molecule has 2 fully saturated rings. The zero-order valence-electron chi connectivity index (χ0n) is 22.6. The van der Waals surface area contributed by atoms with Crippen molar-refractivity contribution in [3.63, 3.8) is 0 Å². The fraction of sp³-hybridized carbons (Fsp3) is 0.429. The zero-order chi connectivity index (χ0) is 28.2. The summed E-state index contributed by atoms with van der Waals surface area (Å²) in [6.07, 6.45) is 4.75. The Morgan fingerprint density at radius 1 is 1.18 bits per heavy atom. The fourth-order valence-electron chi connectivity index (χ4n) is 4.99. The number of carbonyl (C=O) groups excluding carboxylic acids is 1. The first-order valence-corrected chi connectivity index (χ1v) is 13.6. The first kappa shape index (κ1) is 27.9. The van der Waals surface area contributed by atoms with Gasteiger partial charge in [0.15, 0.2) is 0 Å². The van der Waals surface area contributed by atoms with Crippen molar-refractivity contribution >= 4 is 34.5 Å². The lowest BCUT2D eigenvalue weighted by atomic mass is 10.0. The Morgan fingerprint density at radius 3 is 2.65 bits per heavy atom. The van der Waals surface area contributed by atoms with Gasteiger partial charge in [-0.2, -0.15) is 4.98 Å². The molecule has 2 aliphatic rings. The highest BCUT2D eigenvalue weighted by molar-refractivity contribution is 6.35. The number of benzene rings is 1. The van der Waals surface area contributed by atoms with Gasteiger partial charge in [0.1, 0.15) is 17.1 Å². The number of rotatable bonds is 10. The van der Waals surface area contributed by atoms with Gasteiger partial charge in [-0.3, -0.25) is 14.2 Å². The van der Waals surface area contributed by atoms with Crippen molar-refractivity contribution in [1.82, 2.24) is 24.8 Å². The van der Waals surface area contributed by atoms with Crippen molar-refractivity contribution in [2.45, 2.75) is 31.5 Å². The molecule has 1 aromatic carbocycles. The Morgan fingerprint density at radius 2 is 1.95 bits per heavy atom. The number of amides is 1. The van der Waals surface area contributed by atoms with Crippen molar-refractivity contribution in [3.8, 4) is 22.6 Å². The summed E-state index contributed by atoms with van der Waals surface area (Å²) in [5, 5.41) is 7.82. The Bertz CT molecular complexity index is 1470. The maximum Gasteiger partial charge on any atom is 0.260 e. The molecule has 212 valence electrons. The molecular formula is C28H33ClN6O5. The normalized spacial score (nSPS) is 16.0. The third-order valence-electron chi connectivity index (χ3n) is 7.28. The van der Waals surface area contributed by atoms with Crippen LogP contribution < -0.4 is 25.7 Å². The van der Waals surface area contributed by atoms with Gasteiger partial charge in [0, 0.05) is 80.3 Å². The number of ether oxygens (including phenoxy) is 3. The fourth-order valence-corrected chi connectivity index (χ4v) is 5.27. The van der Waals surface area contributed by atoms with Crippen LogP contribution in [0.25, 0.3) is 22.2 Å². The maximum atomic E-state index is 14.0. The molecule has 0 atom stereocenters. The van der Waals surface area contributed by atoms with E-state index in [1.54, 1.807) is 41.0 Å². The summed E-state index contributed by atoms with van der Waals surface area (Å²) in [5.74, 6) is 1.30. The van der Waals surface area contributed by atoms with E-state index in [1.165, 1.54) is 13.2 Å². The summed E-state index contributed by atoms with van der Waals surface area (Å²) in [6, 6.07) is 5.50. The second-order valence-electron chi connectivity index (χ2n) is 9.81. The monoisotopic (exact) mass is 568 g/mol. The van der Waals surface area contributed by atoms with Crippen LogP contribution >= 0.6 is 11.6 Å². The van der Waals surface area contributed by atoms with Crippen molar-refractivity contribution in [1.29, 1.82) is 0 Å². The molecule has 0 saturated carbocycles. The highest BCUT2D eigenvalue weighted by Crippen LogP contribution is 2.38. The number of hydrogen-bond acceptors (Lipinski definition) is 9. The van der Waals surface area contributed by atoms with E-state index in [1.807, 2.05) is 0 Å². The van der Waals surface area contributed by atoms with Gasteiger partial charge >= 0.3 is 0 Å². The molecule has 2 aliphatic heterocycles. The largest absolute Gasteiger partial charge is 0.497 e. The van der Waals surface area contributed by atoms with E-state index in [9.17, 15) is 9.59 Å². The molecule has 1 amide bonds. The molecule has 4 heterocycles. The van der Waals surface area contributed by atoms with Crippen LogP contribution in [-0.2, 0) is 16.1 Å². The van der Waals surface area contributed by atoms with E-state index in [4.69, 9.17) is 30.8 Å². The summed E-state index contributed by atoms with van der Waals surface area (Å²) >= 11 is 6.67. The lowest BCUT2D eigenvalue weighted by Gasteiger charge is -2.39. The Hall–Kier alpha value is -3.67. The highest BCUT2D eigenvalue weighted by Gasteiger charge is 2.28. The van der Waals surface area contributed by atoms with Gasteiger partial charge in [0.05, 0.1) is 19.2 Å². The summed E-state index contributed by atoms with van der Waals surface area (Å²) in [6.45, 7) is 6.96. The summed E-state index contributed by atoms with van der Waals surface area (Å²) < 4.78 is 18.0. The smallest absolute Gasteiger partial charge is 0.260 e. The van der Waals surface area contributed by atoms with Crippen LogP contribution in [0.3, 0.4) is 0 Å². The topological polar surface area (TPSA) is 120 Å². The number of methoxy groups -OCH3 is 2. The van der Waals surface area contributed by atoms with E-state index in [0.717, 1.165) is 12.8 Å². The lowest BCUT2D eigenvalue weighted by molar-refractivity contribution is -0.130. The zero-order valence-corrected chi connectivity index (χ0v) is 23.4. The number of aromatic nitrogens is 3. The predicted octanol–water partition coefficient (Wildman–Crippen LogP) is 2.71. The van der Waals surface area contributed by atoms with Crippen LogP contribution in [0.4, 0.5) is 5.95 Å². The van der Waals surface area contributed by atoms with Crippen molar-refractivity contribution < 1.29 is 19.0 Å². The highest BCUT2D eigenvalue weighted by atomic mass is 35.5. The van der Waals surface area contributed by atoms with Gasteiger partial charge in [0.2, 0.25) is 11.9 Å². The third kappa shape index (κ3) is 5.77. The molecule has 2 N–H and O–H groups in total. The van der Waals surface area contributed by atoms with Gasteiger partial charge in [-0.1, -0.05) is 18.2 Å². The third-order valence-corrected chi connectivity index (χ3v) is 7.67. The van der Waals surface area contributed by atoms with Crippen LogP contribution in [-0.4, -0.2) is 84.5 Å². The molecule has 0 aliphatic carbocycles. The number of nitrogens with one attached hydrogen (secondary N) is 2. The molecule has 40 heavy (non-hydrogen) atoms. The first-order chi connectivity index (χ1) is 19.4. The Balaban J connectivity index is 1.49. The van der Waals surface area contributed by atoms with Gasteiger partial charge in [-0.05, 0) is 31.1 Å². The average Bonchev–Trinajstić information content (AvgIpc) is 2.95. The van der Waals surface area contributed by atoms with Gasteiger partial charge in [0.25, 0.3) is 5.56 Å². The molecule has 3 aromatic rings. The van der Waals surface area contributed by atoms with Crippen LogP contribution in [0.15, 0.2) is 41.8 Å². The van der Waals surface area contributed by atoms with Crippen molar-refractivity contribution in [3.05, 3.63) is 52.4 Å². The molecule has 5 rings (SSSR count). The van der Waals surface area contributed by atoms with E-state index in [0.29, 0.717) is 84.0 Å². The SMILES string of the molecule is C=CC(=O)N1CC(NCCn2c(=O)c(-c3cc(OC)cc(OC)c3Cl)cc3cnc(NC4CCOCC4)nc32)C1. The molecule has 11 nitrogen and oxygen atoms in total. The Kier molecular flexibility index (Phi) is 8.53. The predicted molar refractivity (Wildman–Crippen MR) is 153 cm³/mol.